The quantitative estimate of drug-likeness (QED) is 0.635. The number of carboxylic acid groups (broad SMARTS) is 1. The van der Waals surface area contributed by atoms with Gasteiger partial charge in [-0.3, -0.25) is 0 Å². The van der Waals surface area contributed by atoms with Gasteiger partial charge >= 0.3 is 5.97 Å². The Bertz CT molecular complexity index is 353. The number of nitrogens with one attached hydrogen (secondary N) is 1. The van der Waals surface area contributed by atoms with Gasteiger partial charge in [0.1, 0.15) is 5.82 Å². The number of aliphatic hydroxyl groups excluding tert-OH is 1. The number of hydrogen-bond acceptors (Lipinski definition) is 4. The largest absolute Gasteiger partial charge is 0.477 e. The van der Waals surface area contributed by atoms with Crippen LogP contribution in [-0.2, 0) is 0 Å². The molecular formula is C11H16N2O3. The summed E-state index contributed by atoms with van der Waals surface area (Å²) in [5, 5.41) is 20.8. The Hall–Kier alpha value is -1.62. The number of nitrogens with zero attached hydrogens (tertiary/aromatic N) is 1. The first-order chi connectivity index (χ1) is 7.59. The SMILES string of the molecule is CC(O)CCCNc1cccc(C(=O)O)n1. The zero-order valence-electron chi connectivity index (χ0n) is 9.18. The second-order valence-corrected chi connectivity index (χ2v) is 3.63. The first kappa shape index (κ1) is 12.4. The molecule has 0 aromatic carbocycles. The monoisotopic (exact) mass is 224 g/mol. The van der Waals surface area contributed by atoms with Crippen LogP contribution in [0.1, 0.15) is 30.3 Å². The third-order valence-corrected chi connectivity index (χ3v) is 2.07. The number of aromatic nitrogens is 1. The van der Waals surface area contributed by atoms with Crippen molar-refractivity contribution in [2.75, 3.05) is 11.9 Å². The maximum absolute atomic E-state index is 10.6. The van der Waals surface area contributed by atoms with E-state index in [9.17, 15) is 4.79 Å². The van der Waals surface area contributed by atoms with Gasteiger partial charge in [0.2, 0.25) is 0 Å². The Balaban J connectivity index is 2.42. The average molecular weight is 224 g/mol. The summed E-state index contributed by atoms with van der Waals surface area (Å²) in [7, 11) is 0. The normalized spacial score (nSPS) is 12.1. The van der Waals surface area contributed by atoms with E-state index in [2.05, 4.69) is 10.3 Å². The summed E-state index contributed by atoms with van der Waals surface area (Å²) in [6.45, 7) is 2.41. The number of aromatic carboxylic acids is 1. The molecule has 16 heavy (non-hydrogen) atoms. The molecule has 0 aliphatic heterocycles. The summed E-state index contributed by atoms with van der Waals surface area (Å²) in [6.07, 6.45) is 1.22. The van der Waals surface area contributed by atoms with Gasteiger partial charge in [-0.2, -0.15) is 0 Å². The molecule has 0 aliphatic carbocycles. The Kier molecular flexibility index (Phi) is 4.72. The topological polar surface area (TPSA) is 82.5 Å². The molecule has 0 saturated heterocycles. The Morgan fingerprint density at radius 1 is 1.56 bits per heavy atom. The molecule has 1 rings (SSSR count). The van der Waals surface area contributed by atoms with E-state index < -0.39 is 5.97 Å². The van der Waals surface area contributed by atoms with Crippen LogP contribution in [0.4, 0.5) is 5.82 Å². The summed E-state index contributed by atoms with van der Waals surface area (Å²) in [6, 6.07) is 4.81. The first-order valence-electron chi connectivity index (χ1n) is 5.22. The van der Waals surface area contributed by atoms with Gasteiger partial charge in [-0.15, -0.1) is 0 Å². The molecule has 0 spiro atoms. The Morgan fingerprint density at radius 3 is 2.94 bits per heavy atom. The summed E-state index contributed by atoms with van der Waals surface area (Å²) >= 11 is 0. The predicted octanol–water partition coefficient (Wildman–Crippen LogP) is 1.35. The zero-order chi connectivity index (χ0) is 12.0. The van der Waals surface area contributed by atoms with Crippen molar-refractivity contribution in [3.8, 4) is 0 Å². The summed E-state index contributed by atoms with van der Waals surface area (Å²) in [4.78, 5) is 14.6. The molecule has 0 amide bonds. The van der Waals surface area contributed by atoms with Crippen LogP contribution in [-0.4, -0.2) is 33.8 Å². The number of aliphatic hydroxyl groups is 1. The summed E-state index contributed by atoms with van der Waals surface area (Å²) in [5.41, 5.74) is 0.0283. The minimum atomic E-state index is -1.03. The number of pyridine rings is 1. The van der Waals surface area contributed by atoms with Crippen molar-refractivity contribution in [3.63, 3.8) is 0 Å². The molecule has 88 valence electrons. The lowest BCUT2D eigenvalue weighted by Gasteiger charge is -2.07. The van der Waals surface area contributed by atoms with Gasteiger partial charge in [-0.1, -0.05) is 6.07 Å². The lowest BCUT2D eigenvalue weighted by Crippen LogP contribution is -2.09. The van der Waals surface area contributed by atoms with Gasteiger partial charge in [0.25, 0.3) is 0 Å². The smallest absolute Gasteiger partial charge is 0.354 e. The van der Waals surface area contributed by atoms with E-state index in [1.807, 2.05) is 0 Å². The molecule has 0 radical (unpaired) electrons. The van der Waals surface area contributed by atoms with Crippen LogP contribution < -0.4 is 5.32 Å². The van der Waals surface area contributed by atoms with Crippen LogP contribution >= 0.6 is 0 Å². The highest BCUT2D eigenvalue weighted by atomic mass is 16.4. The molecule has 3 N–H and O–H groups in total. The van der Waals surface area contributed by atoms with Crippen LogP contribution in [0, 0.1) is 0 Å². The third kappa shape index (κ3) is 4.27. The van der Waals surface area contributed by atoms with Crippen molar-refractivity contribution >= 4 is 11.8 Å². The van der Waals surface area contributed by atoms with Gasteiger partial charge in [0, 0.05) is 6.54 Å². The molecule has 1 aromatic heterocycles. The molecule has 0 bridgehead atoms. The van der Waals surface area contributed by atoms with Gasteiger partial charge < -0.3 is 15.5 Å². The molecular weight excluding hydrogens is 208 g/mol. The fraction of sp³-hybridized carbons (Fsp3) is 0.455. The molecule has 5 heteroatoms. The second-order valence-electron chi connectivity index (χ2n) is 3.63. The molecule has 1 unspecified atom stereocenters. The maximum atomic E-state index is 10.6. The van der Waals surface area contributed by atoms with Crippen LogP contribution in [0.5, 0.6) is 0 Å². The molecule has 0 saturated carbocycles. The van der Waals surface area contributed by atoms with Crippen molar-refractivity contribution in [1.29, 1.82) is 0 Å². The van der Waals surface area contributed by atoms with Gasteiger partial charge in [-0.05, 0) is 31.9 Å². The maximum Gasteiger partial charge on any atom is 0.354 e. The highest BCUT2D eigenvalue weighted by Crippen LogP contribution is 2.05. The summed E-state index contributed by atoms with van der Waals surface area (Å²) < 4.78 is 0. The standard InChI is InChI=1S/C11H16N2O3/c1-8(14)4-3-7-12-10-6-2-5-9(13-10)11(15)16/h2,5-6,8,14H,3-4,7H2,1H3,(H,12,13)(H,15,16). The van der Waals surface area contributed by atoms with E-state index in [1.54, 1.807) is 19.1 Å². The number of rotatable bonds is 6. The number of hydrogen-bond donors (Lipinski definition) is 3. The average Bonchev–Trinajstić information content (AvgIpc) is 2.24. The van der Waals surface area contributed by atoms with E-state index in [-0.39, 0.29) is 11.8 Å². The van der Waals surface area contributed by atoms with E-state index in [0.29, 0.717) is 18.8 Å². The molecule has 0 fully saturated rings. The second kappa shape index (κ2) is 6.07. The molecule has 1 aromatic rings. The fourth-order valence-electron chi connectivity index (χ4n) is 1.27. The highest BCUT2D eigenvalue weighted by Gasteiger charge is 2.04. The van der Waals surface area contributed by atoms with E-state index in [4.69, 9.17) is 10.2 Å². The number of carbonyl (C=O) groups is 1. The lowest BCUT2D eigenvalue weighted by molar-refractivity contribution is 0.0690. The molecule has 1 heterocycles. The lowest BCUT2D eigenvalue weighted by atomic mass is 10.2. The Morgan fingerprint density at radius 2 is 2.31 bits per heavy atom. The van der Waals surface area contributed by atoms with Crippen molar-refractivity contribution in [2.45, 2.75) is 25.9 Å². The highest BCUT2D eigenvalue weighted by molar-refractivity contribution is 5.85. The van der Waals surface area contributed by atoms with Gasteiger partial charge in [-0.25, -0.2) is 9.78 Å². The number of anilines is 1. The predicted molar refractivity (Wildman–Crippen MR) is 60.6 cm³/mol. The van der Waals surface area contributed by atoms with Crippen molar-refractivity contribution in [1.82, 2.24) is 4.98 Å². The van der Waals surface area contributed by atoms with E-state index >= 15 is 0 Å². The Labute approximate surface area is 94.1 Å². The minimum absolute atomic E-state index is 0.0283. The van der Waals surface area contributed by atoms with Crippen LogP contribution in [0.3, 0.4) is 0 Å². The van der Waals surface area contributed by atoms with E-state index in [1.165, 1.54) is 6.07 Å². The number of carboxylic acids is 1. The first-order valence-corrected chi connectivity index (χ1v) is 5.22. The van der Waals surface area contributed by atoms with Crippen molar-refractivity contribution in [3.05, 3.63) is 23.9 Å². The van der Waals surface area contributed by atoms with Gasteiger partial charge in [0.05, 0.1) is 6.10 Å². The minimum Gasteiger partial charge on any atom is -0.477 e. The molecule has 5 nitrogen and oxygen atoms in total. The zero-order valence-corrected chi connectivity index (χ0v) is 9.18. The van der Waals surface area contributed by atoms with E-state index in [0.717, 1.165) is 6.42 Å². The van der Waals surface area contributed by atoms with Gasteiger partial charge in [0.15, 0.2) is 5.69 Å². The van der Waals surface area contributed by atoms with Crippen LogP contribution in [0.15, 0.2) is 18.2 Å². The summed E-state index contributed by atoms with van der Waals surface area (Å²) in [5.74, 6) is -0.488. The third-order valence-electron chi connectivity index (χ3n) is 2.07. The molecule has 1 atom stereocenters. The van der Waals surface area contributed by atoms with Crippen molar-refractivity contribution in [2.24, 2.45) is 0 Å². The van der Waals surface area contributed by atoms with Crippen LogP contribution in [0.25, 0.3) is 0 Å². The van der Waals surface area contributed by atoms with Crippen LogP contribution in [0.2, 0.25) is 0 Å². The van der Waals surface area contributed by atoms with Crippen molar-refractivity contribution < 1.29 is 15.0 Å². The fourth-order valence-corrected chi connectivity index (χ4v) is 1.27. The molecule has 0 aliphatic rings.